The molecule has 3 nitrogen and oxygen atoms in total. The first-order chi connectivity index (χ1) is 7.10. The predicted molar refractivity (Wildman–Crippen MR) is 62.3 cm³/mol. The van der Waals surface area contributed by atoms with E-state index in [9.17, 15) is 4.79 Å². The average molecular weight is 273 g/mol. The van der Waals surface area contributed by atoms with Crippen molar-refractivity contribution in [2.75, 3.05) is 14.2 Å². The largest absolute Gasteiger partial charge is 0.497 e. The van der Waals surface area contributed by atoms with Crippen LogP contribution in [0, 0.1) is 0 Å². The zero-order valence-electron chi connectivity index (χ0n) is 8.91. The fourth-order valence-corrected chi connectivity index (χ4v) is 1.46. The lowest BCUT2D eigenvalue weighted by Crippen LogP contribution is -2.11. The van der Waals surface area contributed by atoms with Crippen molar-refractivity contribution in [3.8, 4) is 11.5 Å². The monoisotopic (exact) mass is 272 g/mol. The van der Waals surface area contributed by atoms with Crippen molar-refractivity contribution in [2.45, 2.75) is 11.8 Å². The lowest BCUT2D eigenvalue weighted by atomic mass is 10.1. The molecule has 0 radical (unpaired) electrons. The molecule has 15 heavy (non-hydrogen) atoms. The van der Waals surface area contributed by atoms with E-state index in [4.69, 9.17) is 9.47 Å². The normalized spacial score (nSPS) is 12.0. The summed E-state index contributed by atoms with van der Waals surface area (Å²) in [5.74, 6) is 1.20. The standard InChI is InChI=1S/C11H13BrO3/c1-7(12)11(13)9-5-4-8(14-2)6-10(9)15-3/h4-7H,1-3H3. The number of carbonyl (C=O) groups is 1. The maximum absolute atomic E-state index is 11.8. The second-order valence-electron chi connectivity index (χ2n) is 3.05. The van der Waals surface area contributed by atoms with E-state index >= 15 is 0 Å². The molecule has 0 aliphatic heterocycles. The highest BCUT2D eigenvalue weighted by Crippen LogP contribution is 2.26. The minimum Gasteiger partial charge on any atom is -0.497 e. The van der Waals surface area contributed by atoms with Crippen molar-refractivity contribution in [2.24, 2.45) is 0 Å². The van der Waals surface area contributed by atoms with Gasteiger partial charge in [0.05, 0.1) is 24.6 Å². The SMILES string of the molecule is COc1ccc(C(=O)C(C)Br)c(OC)c1. The summed E-state index contributed by atoms with van der Waals surface area (Å²) < 4.78 is 10.2. The lowest BCUT2D eigenvalue weighted by Gasteiger charge is -2.10. The quantitative estimate of drug-likeness (QED) is 0.625. The molecule has 4 heteroatoms. The first-order valence-corrected chi connectivity index (χ1v) is 5.42. The first kappa shape index (κ1) is 12.0. The Morgan fingerprint density at radius 1 is 1.33 bits per heavy atom. The molecule has 1 aromatic rings. The number of halogens is 1. The molecule has 0 heterocycles. The maximum Gasteiger partial charge on any atom is 0.179 e. The Labute approximate surface area is 97.5 Å². The molecule has 0 saturated carbocycles. The summed E-state index contributed by atoms with van der Waals surface area (Å²) in [6.07, 6.45) is 0. The van der Waals surface area contributed by atoms with E-state index < -0.39 is 0 Å². The molecule has 82 valence electrons. The van der Waals surface area contributed by atoms with Crippen LogP contribution in [-0.2, 0) is 0 Å². The molecule has 0 N–H and O–H groups in total. The summed E-state index contributed by atoms with van der Waals surface area (Å²) in [6, 6.07) is 5.14. The lowest BCUT2D eigenvalue weighted by molar-refractivity contribution is 0.0993. The topological polar surface area (TPSA) is 35.5 Å². The molecule has 0 aromatic heterocycles. The Morgan fingerprint density at radius 3 is 2.47 bits per heavy atom. The summed E-state index contributed by atoms with van der Waals surface area (Å²) in [4.78, 5) is 11.5. The molecule has 0 bridgehead atoms. The summed E-state index contributed by atoms with van der Waals surface area (Å²) >= 11 is 3.24. The third-order valence-corrected chi connectivity index (χ3v) is 2.45. The number of ketones is 1. The van der Waals surface area contributed by atoms with Gasteiger partial charge in [0.15, 0.2) is 5.78 Å². The number of methoxy groups -OCH3 is 2. The molecular weight excluding hydrogens is 260 g/mol. The van der Waals surface area contributed by atoms with Crippen LogP contribution in [0.5, 0.6) is 11.5 Å². The molecule has 0 aliphatic rings. The van der Waals surface area contributed by atoms with E-state index in [0.29, 0.717) is 17.1 Å². The predicted octanol–water partition coefficient (Wildman–Crippen LogP) is 2.67. The van der Waals surface area contributed by atoms with Gasteiger partial charge in [-0.3, -0.25) is 4.79 Å². The van der Waals surface area contributed by atoms with Gasteiger partial charge in [-0.2, -0.15) is 0 Å². The van der Waals surface area contributed by atoms with Crippen molar-refractivity contribution in [3.63, 3.8) is 0 Å². The van der Waals surface area contributed by atoms with Crippen LogP contribution in [0.1, 0.15) is 17.3 Å². The van der Waals surface area contributed by atoms with Crippen molar-refractivity contribution >= 4 is 21.7 Å². The van der Waals surface area contributed by atoms with Crippen LogP contribution in [0.15, 0.2) is 18.2 Å². The van der Waals surface area contributed by atoms with Gasteiger partial charge in [0, 0.05) is 6.07 Å². The number of hydrogen-bond donors (Lipinski definition) is 0. The molecule has 0 aliphatic carbocycles. The van der Waals surface area contributed by atoms with Gasteiger partial charge in [-0.05, 0) is 19.1 Å². The minimum absolute atomic E-state index is 0.00509. The Morgan fingerprint density at radius 2 is 2.00 bits per heavy atom. The zero-order valence-corrected chi connectivity index (χ0v) is 10.5. The molecule has 0 saturated heterocycles. The van der Waals surface area contributed by atoms with Crippen LogP contribution in [-0.4, -0.2) is 24.8 Å². The smallest absolute Gasteiger partial charge is 0.179 e. The van der Waals surface area contributed by atoms with Crippen LogP contribution in [0.2, 0.25) is 0 Å². The van der Waals surface area contributed by atoms with Crippen LogP contribution in [0.4, 0.5) is 0 Å². The summed E-state index contributed by atoms with van der Waals surface area (Å²) in [5, 5.41) is 0. The molecule has 1 atom stereocenters. The Bertz CT molecular complexity index is 361. The Balaban J connectivity index is 3.13. The third kappa shape index (κ3) is 2.72. The average Bonchev–Trinajstić information content (AvgIpc) is 2.27. The highest BCUT2D eigenvalue weighted by atomic mass is 79.9. The summed E-state index contributed by atoms with van der Waals surface area (Å²) in [5.41, 5.74) is 0.558. The maximum atomic E-state index is 11.8. The van der Waals surface area contributed by atoms with Gasteiger partial charge in [-0.1, -0.05) is 15.9 Å². The molecule has 1 unspecified atom stereocenters. The highest BCUT2D eigenvalue weighted by Gasteiger charge is 2.17. The fraction of sp³-hybridized carbons (Fsp3) is 0.364. The van der Waals surface area contributed by atoms with Crippen molar-refractivity contribution in [1.82, 2.24) is 0 Å². The van der Waals surface area contributed by atoms with Crippen molar-refractivity contribution in [1.29, 1.82) is 0 Å². The first-order valence-electron chi connectivity index (χ1n) is 4.50. The van der Waals surface area contributed by atoms with Gasteiger partial charge in [0.25, 0.3) is 0 Å². The molecular formula is C11H13BrO3. The van der Waals surface area contributed by atoms with Gasteiger partial charge in [0.1, 0.15) is 11.5 Å². The number of Topliss-reactive ketones (excluding diaryl/α,β-unsaturated/α-hetero) is 1. The number of carbonyl (C=O) groups excluding carboxylic acids is 1. The van der Waals surface area contributed by atoms with Gasteiger partial charge < -0.3 is 9.47 Å². The van der Waals surface area contributed by atoms with Gasteiger partial charge in [0.2, 0.25) is 0 Å². The van der Waals surface area contributed by atoms with Gasteiger partial charge in [-0.15, -0.1) is 0 Å². The second-order valence-corrected chi connectivity index (χ2v) is 4.42. The van der Waals surface area contributed by atoms with E-state index in [1.54, 1.807) is 32.2 Å². The number of hydrogen-bond acceptors (Lipinski definition) is 3. The Hall–Kier alpha value is -1.03. The highest BCUT2D eigenvalue weighted by molar-refractivity contribution is 9.10. The fourth-order valence-electron chi connectivity index (χ4n) is 1.22. The van der Waals surface area contributed by atoms with Crippen molar-refractivity contribution in [3.05, 3.63) is 23.8 Å². The number of ether oxygens (including phenoxy) is 2. The number of alkyl halides is 1. The summed E-state index contributed by atoms with van der Waals surface area (Å²) in [7, 11) is 3.10. The molecule has 0 amide bonds. The summed E-state index contributed by atoms with van der Waals surface area (Å²) in [6.45, 7) is 1.78. The van der Waals surface area contributed by atoms with Crippen LogP contribution in [0.25, 0.3) is 0 Å². The van der Waals surface area contributed by atoms with E-state index in [0.717, 1.165) is 0 Å². The van der Waals surface area contributed by atoms with Gasteiger partial charge in [-0.25, -0.2) is 0 Å². The second kappa shape index (κ2) is 5.16. The number of benzene rings is 1. The van der Waals surface area contributed by atoms with Crippen molar-refractivity contribution < 1.29 is 14.3 Å². The zero-order chi connectivity index (χ0) is 11.4. The van der Waals surface area contributed by atoms with Crippen LogP contribution < -0.4 is 9.47 Å². The van der Waals surface area contributed by atoms with E-state index in [2.05, 4.69) is 15.9 Å². The van der Waals surface area contributed by atoms with Crippen LogP contribution in [0.3, 0.4) is 0 Å². The van der Waals surface area contributed by atoms with E-state index in [-0.39, 0.29) is 10.6 Å². The van der Waals surface area contributed by atoms with Crippen LogP contribution >= 0.6 is 15.9 Å². The molecule has 1 aromatic carbocycles. The van der Waals surface area contributed by atoms with Gasteiger partial charge >= 0.3 is 0 Å². The third-order valence-electron chi connectivity index (χ3n) is 2.04. The molecule has 1 rings (SSSR count). The molecule has 0 fully saturated rings. The minimum atomic E-state index is -0.222. The van der Waals surface area contributed by atoms with E-state index in [1.165, 1.54) is 7.11 Å². The Kier molecular flexibility index (Phi) is 4.15. The number of rotatable bonds is 4. The van der Waals surface area contributed by atoms with E-state index in [1.807, 2.05) is 0 Å². The molecule has 0 spiro atoms.